The van der Waals surface area contributed by atoms with Crippen molar-refractivity contribution in [3.05, 3.63) is 64.2 Å². The number of benzene rings is 2. The Labute approximate surface area is 120 Å². The van der Waals surface area contributed by atoms with Gasteiger partial charge in [0.1, 0.15) is 12.4 Å². The van der Waals surface area contributed by atoms with E-state index in [1.54, 1.807) is 25.1 Å². The first-order chi connectivity index (χ1) is 9.49. The summed E-state index contributed by atoms with van der Waals surface area (Å²) < 4.78 is 31.9. The van der Waals surface area contributed by atoms with Crippen molar-refractivity contribution in [3.63, 3.8) is 0 Å². The summed E-state index contributed by atoms with van der Waals surface area (Å²) >= 11 is 6.01. The predicted octanol–water partition coefficient (Wildman–Crippen LogP) is 4.25. The van der Waals surface area contributed by atoms with Crippen molar-refractivity contribution >= 4 is 11.6 Å². The first-order valence-electron chi connectivity index (χ1n) is 6.02. The molecule has 0 bridgehead atoms. The molecule has 0 fully saturated rings. The van der Waals surface area contributed by atoms with Crippen LogP contribution in [0.1, 0.15) is 24.2 Å². The Morgan fingerprint density at radius 1 is 1.25 bits per heavy atom. The van der Waals surface area contributed by atoms with Crippen molar-refractivity contribution < 1.29 is 18.6 Å². The maximum atomic E-state index is 13.5. The lowest BCUT2D eigenvalue weighted by Gasteiger charge is -2.11. The minimum absolute atomic E-state index is 0.112. The number of halogens is 3. The zero-order valence-corrected chi connectivity index (χ0v) is 11.5. The molecule has 0 spiro atoms. The van der Waals surface area contributed by atoms with E-state index in [4.69, 9.17) is 16.3 Å². The van der Waals surface area contributed by atoms with Gasteiger partial charge in [-0.05, 0) is 30.7 Å². The molecule has 0 aliphatic heterocycles. The van der Waals surface area contributed by atoms with Crippen LogP contribution >= 0.6 is 11.6 Å². The van der Waals surface area contributed by atoms with Crippen LogP contribution in [-0.2, 0) is 6.61 Å². The first-order valence-corrected chi connectivity index (χ1v) is 6.40. The first kappa shape index (κ1) is 14.8. The number of aliphatic hydroxyl groups excluding tert-OH is 1. The van der Waals surface area contributed by atoms with Gasteiger partial charge in [0, 0.05) is 5.56 Å². The number of aliphatic hydroxyl groups is 1. The molecule has 5 heteroatoms. The predicted molar refractivity (Wildman–Crippen MR) is 72.8 cm³/mol. The molecule has 1 N–H and O–H groups in total. The van der Waals surface area contributed by atoms with E-state index in [1.165, 1.54) is 12.1 Å². The average molecular weight is 299 g/mol. The van der Waals surface area contributed by atoms with E-state index >= 15 is 0 Å². The molecule has 2 nitrogen and oxygen atoms in total. The smallest absolute Gasteiger partial charge is 0.165 e. The summed E-state index contributed by atoms with van der Waals surface area (Å²) in [4.78, 5) is 0. The van der Waals surface area contributed by atoms with Gasteiger partial charge in [-0.25, -0.2) is 8.78 Å². The monoisotopic (exact) mass is 298 g/mol. The van der Waals surface area contributed by atoms with E-state index in [1.807, 2.05) is 0 Å². The summed E-state index contributed by atoms with van der Waals surface area (Å²) in [6.07, 6.45) is -0.637. The fraction of sp³-hybridized carbons (Fsp3) is 0.200. The molecule has 2 aromatic carbocycles. The highest BCUT2D eigenvalue weighted by Gasteiger charge is 2.10. The van der Waals surface area contributed by atoms with Crippen molar-refractivity contribution in [2.75, 3.05) is 0 Å². The molecule has 1 atom stereocenters. The lowest BCUT2D eigenvalue weighted by molar-refractivity contribution is 0.199. The van der Waals surface area contributed by atoms with E-state index in [-0.39, 0.29) is 12.2 Å². The number of hydrogen-bond donors (Lipinski definition) is 1. The topological polar surface area (TPSA) is 29.5 Å². The third-order valence-corrected chi connectivity index (χ3v) is 3.15. The molecule has 0 saturated carbocycles. The summed E-state index contributed by atoms with van der Waals surface area (Å²) in [5.41, 5.74) is 0.764. The minimum Gasteiger partial charge on any atom is -0.487 e. The molecular weight excluding hydrogens is 286 g/mol. The summed E-state index contributed by atoms with van der Waals surface area (Å²) in [6.45, 7) is 1.49. The van der Waals surface area contributed by atoms with Crippen molar-refractivity contribution in [2.45, 2.75) is 19.6 Å². The summed E-state index contributed by atoms with van der Waals surface area (Å²) in [5.74, 6) is -1.49. The van der Waals surface area contributed by atoms with E-state index in [9.17, 15) is 13.9 Å². The van der Waals surface area contributed by atoms with E-state index in [2.05, 4.69) is 0 Å². The van der Waals surface area contributed by atoms with Crippen LogP contribution in [0.25, 0.3) is 0 Å². The van der Waals surface area contributed by atoms with Gasteiger partial charge in [-0.3, -0.25) is 0 Å². The lowest BCUT2D eigenvalue weighted by Crippen LogP contribution is -2.01. The Balaban J connectivity index is 2.13. The SMILES string of the molecule is C[C@@H](O)c1ccc(OCc2cccc(F)c2F)c(Cl)c1. The van der Waals surface area contributed by atoms with Crippen LogP contribution in [0.3, 0.4) is 0 Å². The number of ether oxygens (including phenoxy) is 1. The van der Waals surface area contributed by atoms with Crippen LogP contribution in [0.2, 0.25) is 5.02 Å². The van der Waals surface area contributed by atoms with Gasteiger partial charge in [0.15, 0.2) is 11.6 Å². The largest absolute Gasteiger partial charge is 0.487 e. The van der Waals surface area contributed by atoms with Gasteiger partial charge < -0.3 is 9.84 Å². The third-order valence-electron chi connectivity index (χ3n) is 2.85. The number of hydrogen-bond acceptors (Lipinski definition) is 2. The van der Waals surface area contributed by atoms with Crippen molar-refractivity contribution in [1.29, 1.82) is 0 Å². The Morgan fingerprint density at radius 2 is 2.00 bits per heavy atom. The van der Waals surface area contributed by atoms with Crippen LogP contribution in [-0.4, -0.2) is 5.11 Å². The van der Waals surface area contributed by atoms with Gasteiger partial charge >= 0.3 is 0 Å². The zero-order chi connectivity index (χ0) is 14.7. The van der Waals surface area contributed by atoms with Crippen LogP contribution in [0, 0.1) is 11.6 Å². The zero-order valence-electron chi connectivity index (χ0n) is 10.7. The summed E-state index contributed by atoms with van der Waals surface area (Å²) in [5, 5.41) is 9.73. The standard InChI is InChI=1S/C15H13ClF2O2/c1-9(19)10-5-6-14(12(16)7-10)20-8-11-3-2-4-13(17)15(11)18/h2-7,9,19H,8H2,1H3/t9-/m1/s1. The second kappa shape index (κ2) is 6.20. The molecule has 20 heavy (non-hydrogen) atoms. The Bertz CT molecular complexity index is 615. The molecule has 0 heterocycles. The Kier molecular flexibility index (Phi) is 4.57. The lowest BCUT2D eigenvalue weighted by atomic mass is 10.1. The highest BCUT2D eigenvalue weighted by molar-refractivity contribution is 6.32. The third kappa shape index (κ3) is 3.26. The van der Waals surface area contributed by atoms with Crippen LogP contribution in [0.15, 0.2) is 36.4 Å². The molecule has 2 aromatic rings. The summed E-state index contributed by atoms with van der Waals surface area (Å²) in [6, 6.07) is 8.72. The van der Waals surface area contributed by atoms with Gasteiger partial charge in [0.05, 0.1) is 11.1 Å². The number of rotatable bonds is 4. The van der Waals surface area contributed by atoms with E-state index in [0.29, 0.717) is 16.3 Å². The Hall–Kier alpha value is -1.65. The Morgan fingerprint density at radius 3 is 2.65 bits per heavy atom. The molecule has 0 unspecified atom stereocenters. The highest BCUT2D eigenvalue weighted by Crippen LogP contribution is 2.28. The van der Waals surface area contributed by atoms with Gasteiger partial charge in [0.2, 0.25) is 0 Å². The van der Waals surface area contributed by atoms with Crippen LogP contribution in [0.5, 0.6) is 5.75 Å². The molecule has 0 aliphatic carbocycles. The normalized spacial score (nSPS) is 12.2. The average Bonchev–Trinajstić information content (AvgIpc) is 2.41. The molecule has 0 radical (unpaired) electrons. The minimum atomic E-state index is -0.927. The summed E-state index contributed by atoms with van der Waals surface area (Å²) in [7, 11) is 0. The molecular formula is C15H13ClF2O2. The molecule has 0 amide bonds. The van der Waals surface area contributed by atoms with Crippen LogP contribution in [0.4, 0.5) is 8.78 Å². The molecule has 0 aliphatic rings. The van der Waals surface area contributed by atoms with Gasteiger partial charge in [-0.15, -0.1) is 0 Å². The van der Waals surface area contributed by atoms with Gasteiger partial charge in [-0.2, -0.15) is 0 Å². The molecule has 2 rings (SSSR count). The molecule has 0 aromatic heterocycles. The maximum Gasteiger partial charge on any atom is 0.165 e. The van der Waals surface area contributed by atoms with Gasteiger partial charge in [0.25, 0.3) is 0 Å². The fourth-order valence-electron chi connectivity index (χ4n) is 1.71. The quantitative estimate of drug-likeness (QED) is 0.914. The maximum absolute atomic E-state index is 13.5. The van der Waals surface area contributed by atoms with E-state index < -0.39 is 17.7 Å². The fourth-order valence-corrected chi connectivity index (χ4v) is 1.95. The van der Waals surface area contributed by atoms with Crippen LogP contribution < -0.4 is 4.74 Å². The molecule has 0 saturated heterocycles. The van der Waals surface area contributed by atoms with Crippen molar-refractivity contribution in [1.82, 2.24) is 0 Å². The second-order valence-electron chi connectivity index (χ2n) is 4.37. The van der Waals surface area contributed by atoms with E-state index in [0.717, 1.165) is 6.07 Å². The van der Waals surface area contributed by atoms with Crippen molar-refractivity contribution in [2.24, 2.45) is 0 Å². The van der Waals surface area contributed by atoms with Gasteiger partial charge in [-0.1, -0.05) is 29.8 Å². The van der Waals surface area contributed by atoms with Crippen molar-refractivity contribution in [3.8, 4) is 5.75 Å². The highest BCUT2D eigenvalue weighted by atomic mass is 35.5. The molecule has 106 valence electrons. The second-order valence-corrected chi connectivity index (χ2v) is 4.77.